The molecule has 1 saturated carbocycles. The third-order valence-corrected chi connectivity index (χ3v) is 5.06. The van der Waals surface area contributed by atoms with Crippen LogP contribution in [0.25, 0.3) is 0 Å². The molecule has 21 heavy (non-hydrogen) atoms. The van der Waals surface area contributed by atoms with Gasteiger partial charge in [-0.1, -0.05) is 25.7 Å². The normalized spacial score (nSPS) is 23.4. The molecule has 0 aromatic carbocycles. The number of piperidine rings is 1. The number of hydrogen-bond donors (Lipinski definition) is 2. The fourth-order valence-corrected chi connectivity index (χ4v) is 3.85. The van der Waals surface area contributed by atoms with E-state index >= 15 is 0 Å². The van der Waals surface area contributed by atoms with E-state index in [-0.39, 0.29) is 6.03 Å². The number of aromatic nitrogens is 2. The van der Waals surface area contributed by atoms with Gasteiger partial charge < -0.3 is 10.2 Å². The summed E-state index contributed by atoms with van der Waals surface area (Å²) in [5, 5.41) is 9.76. The van der Waals surface area contributed by atoms with Crippen molar-refractivity contribution in [3.05, 3.63) is 18.0 Å². The Kier molecular flexibility index (Phi) is 4.78. The molecule has 2 heterocycles. The van der Waals surface area contributed by atoms with Crippen LogP contribution in [0.1, 0.15) is 44.1 Å². The Bertz CT molecular complexity index is 439. The van der Waals surface area contributed by atoms with E-state index < -0.39 is 0 Å². The van der Waals surface area contributed by atoms with Gasteiger partial charge in [0.2, 0.25) is 0 Å². The molecule has 2 aliphatic rings. The number of amides is 2. The molecule has 116 valence electrons. The van der Waals surface area contributed by atoms with Crippen LogP contribution >= 0.6 is 0 Å². The molecule has 5 nitrogen and oxygen atoms in total. The van der Waals surface area contributed by atoms with Crippen LogP contribution in [-0.2, 0) is 6.42 Å². The third kappa shape index (κ3) is 3.77. The van der Waals surface area contributed by atoms with Crippen LogP contribution in [0.15, 0.2) is 12.4 Å². The van der Waals surface area contributed by atoms with Gasteiger partial charge in [-0.15, -0.1) is 0 Å². The van der Waals surface area contributed by atoms with Gasteiger partial charge >= 0.3 is 6.03 Å². The van der Waals surface area contributed by atoms with Gasteiger partial charge in [-0.05, 0) is 36.7 Å². The Morgan fingerprint density at radius 1 is 1.29 bits per heavy atom. The number of hydrogen-bond acceptors (Lipinski definition) is 2. The summed E-state index contributed by atoms with van der Waals surface area (Å²) in [6, 6.07) is 0.112. The van der Waals surface area contributed by atoms with Crippen molar-refractivity contribution in [2.45, 2.75) is 44.9 Å². The Morgan fingerprint density at radius 3 is 2.86 bits per heavy atom. The molecule has 1 aliphatic carbocycles. The van der Waals surface area contributed by atoms with Gasteiger partial charge in [0.1, 0.15) is 0 Å². The largest absolute Gasteiger partial charge is 0.338 e. The van der Waals surface area contributed by atoms with E-state index in [2.05, 4.69) is 15.5 Å². The number of rotatable bonds is 4. The van der Waals surface area contributed by atoms with Gasteiger partial charge in [0.15, 0.2) is 0 Å². The molecule has 2 amide bonds. The smallest absolute Gasteiger partial charge is 0.317 e. The molecule has 2 fully saturated rings. The zero-order chi connectivity index (χ0) is 14.5. The summed E-state index contributed by atoms with van der Waals surface area (Å²) < 4.78 is 0. The van der Waals surface area contributed by atoms with Crippen molar-refractivity contribution in [2.24, 2.45) is 11.8 Å². The second-order valence-electron chi connectivity index (χ2n) is 6.48. The lowest BCUT2D eigenvalue weighted by Gasteiger charge is -2.35. The van der Waals surface area contributed by atoms with Gasteiger partial charge in [-0.2, -0.15) is 5.10 Å². The highest BCUT2D eigenvalue weighted by atomic mass is 16.2. The fraction of sp³-hybridized carbons (Fsp3) is 0.750. The Hall–Kier alpha value is -1.52. The molecule has 1 aromatic heterocycles. The molecule has 1 unspecified atom stereocenters. The number of carbonyl (C=O) groups is 1. The highest BCUT2D eigenvalue weighted by Gasteiger charge is 2.30. The highest BCUT2D eigenvalue weighted by molar-refractivity contribution is 5.74. The number of likely N-dealkylation sites (tertiary alicyclic amines) is 1. The number of nitrogens with zero attached hydrogens (tertiary/aromatic N) is 2. The molecular formula is C16H26N4O. The minimum Gasteiger partial charge on any atom is -0.338 e. The molecular weight excluding hydrogens is 264 g/mol. The Balaban J connectivity index is 1.43. The van der Waals surface area contributed by atoms with Gasteiger partial charge in [-0.3, -0.25) is 5.10 Å². The molecule has 0 radical (unpaired) electrons. The van der Waals surface area contributed by atoms with Crippen molar-refractivity contribution in [3.63, 3.8) is 0 Å². The van der Waals surface area contributed by atoms with Crippen LogP contribution < -0.4 is 5.32 Å². The van der Waals surface area contributed by atoms with Crippen LogP contribution in [0.2, 0.25) is 0 Å². The predicted octanol–water partition coefficient (Wildman–Crippen LogP) is 2.56. The molecule has 0 spiro atoms. The van der Waals surface area contributed by atoms with E-state index in [1.54, 1.807) is 0 Å². The predicted molar refractivity (Wildman–Crippen MR) is 81.9 cm³/mol. The molecule has 1 aromatic rings. The first-order valence-corrected chi connectivity index (χ1v) is 8.33. The number of H-pyrrole nitrogens is 1. The summed E-state index contributed by atoms with van der Waals surface area (Å²) in [7, 11) is 0. The standard InChI is InChI=1S/C16H26N4O/c21-16(17-8-7-13-10-18-19-11-13)20-9-3-6-15(12-20)14-4-1-2-5-14/h10-11,14-15H,1-9,12H2,(H,17,21)(H,18,19). The first-order chi connectivity index (χ1) is 10.3. The fourth-order valence-electron chi connectivity index (χ4n) is 3.85. The zero-order valence-electron chi connectivity index (χ0n) is 12.7. The zero-order valence-corrected chi connectivity index (χ0v) is 12.7. The van der Waals surface area contributed by atoms with Crippen LogP contribution in [0.4, 0.5) is 4.79 Å². The lowest BCUT2D eigenvalue weighted by atomic mass is 9.84. The lowest BCUT2D eigenvalue weighted by Crippen LogP contribution is -2.47. The topological polar surface area (TPSA) is 61.0 Å². The van der Waals surface area contributed by atoms with Crippen LogP contribution in [0, 0.1) is 11.8 Å². The van der Waals surface area contributed by atoms with E-state index in [9.17, 15) is 4.79 Å². The first-order valence-electron chi connectivity index (χ1n) is 8.33. The minimum atomic E-state index is 0.112. The van der Waals surface area contributed by atoms with Gasteiger partial charge in [0, 0.05) is 25.8 Å². The Labute approximate surface area is 126 Å². The number of carbonyl (C=O) groups excluding carboxylic acids is 1. The van der Waals surface area contributed by atoms with Gasteiger partial charge in [0.25, 0.3) is 0 Å². The summed E-state index contributed by atoms with van der Waals surface area (Å²) in [6.07, 6.45) is 12.5. The Morgan fingerprint density at radius 2 is 2.10 bits per heavy atom. The van der Waals surface area contributed by atoms with Crippen LogP contribution in [-0.4, -0.2) is 40.8 Å². The monoisotopic (exact) mass is 290 g/mol. The molecule has 0 bridgehead atoms. The average Bonchev–Trinajstić information content (AvgIpc) is 3.21. The van der Waals surface area contributed by atoms with Crippen molar-refractivity contribution in [1.29, 1.82) is 0 Å². The van der Waals surface area contributed by atoms with E-state index in [1.807, 2.05) is 17.3 Å². The number of aromatic amines is 1. The minimum absolute atomic E-state index is 0.112. The summed E-state index contributed by atoms with van der Waals surface area (Å²) in [5.41, 5.74) is 1.14. The van der Waals surface area contributed by atoms with Gasteiger partial charge in [-0.25, -0.2) is 4.79 Å². The second kappa shape index (κ2) is 6.96. The van der Waals surface area contributed by atoms with Gasteiger partial charge in [0.05, 0.1) is 6.20 Å². The van der Waals surface area contributed by atoms with Crippen molar-refractivity contribution >= 4 is 6.03 Å². The number of nitrogens with one attached hydrogen (secondary N) is 2. The maximum atomic E-state index is 12.3. The second-order valence-corrected chi connectivity index (χ2v) is 6.48. The summed E-state index contributed by atoms with van der Waals surface area (Å²) in [4.78, 5) is 14.3. The van der Waals surface area contributed by atoms with E-state index in [1.165, 1.54) is 32.1 Å². The third-order valence-electron chi connectivity index (χ3n) is 5.06. The molecule has 1 atom stereocenters. The molecule has 1 saturated heterocycles. The molecule has 1 aliphatic heterocycles. The van der Waals surface area contributed by atoms with Crippen molar-refractivity contribution in [2.75, 3.05) is 19.6 Å². The maximum absolute atomic E-state index is 12.3. The van der Waals surface area contributed by atoms with Crippen LogP contribution in [0.3, 0.4) is 0 Å². The van der Waals surface area contributed by atoms with E-state index in [0.29, 0.717) is 6.54 Å². The molecule has 3 rings (SSSR count). The first kappa shape index (κ1) is 14.4. The van der Waals surface area contributed by atoms with Crippen molar-refractivity contribution in [1.82, 2.24) is 20.4 Å². The SMILES string of the molecule is O=C(NCCc1cn[nH]c1)N1CCCC(C2CCCC2)C1. The summed E-state index contributed by atoms with van der Waals surface area (Å²) in [5.74, 6) is 1.60. The highest BCUT2D eigenvalue weighted by Crippen LogP contribution is 2.35. The quantitative estimate of drug-likeness (QED) is 0.895. The van der Waals surface area contributed by atoms with E-state index in [0.717, 1.165) is 43.3 Å². The van der Waals surface area contributed by atoms with Crippen molar-refractivity contribution in [3.8, 4) is 0 Å². The number of urea groups is 1. The average molecular weight is 290 g/mol. The summed E-state index contributed by atoms with van der Waals surface area (Å²) in [6.45, 7) is 2.56. The van der Waals surface area contributed by atoms with Crippen molar-refractivity contribution < 1.29 is 4.79 Å². The van der Waals surface area contributed by atoms with E-state index in [4.69, 9.17) is 0 Å². The lowest BCUT2D eigenvalue weighted by molar-refractivity contribution is 0.142. The molecule has 5 heteroatoms. The maximum Gasteiger partial charge on any atom is 0.317 e. The molecule has 2 N–H and O–H groups in total. The van der Waals surface area contributed by atoms with Crippen LogP contribution in [0.5, 0.6) is 0 Å². The summed E-state index contributed by atoms with van der Waals surface area (Å²) >= 11 is 0.